The van der Waals surface area contributed by atoms with Gasteiger partial charge >= 0.3 is 0 Å². The number of hydrogen-bond donors (Lipinski definition) is 2. The zero-order valence-corrected chi connectivity index (χ0v) is 26.0. The molecule has 0 saturated carbocycles. The lowest BCUT2D eigenvalue weighted by Crippen LogP contribution is -2.50. The molecule has 6 rings (SSSR count). The number of hydrogen-bond acceptors (Lipinski definition) is 5. The van der Waals surface area contributed by atoms with Crippen LogP contribution < -0.4 is 10.6 Å². The number of nitrogens with zero attached hydrogens (tertiary/aromatic N) is 2. The van der Waals surface area contributed by atoms with Crippen LogP contribution >= 0.6 is 0 Å². The first-order valence-electron chi connectivity index (χ1n) is 14.8. The summed E-state index contributed by atoms with van der Waals surface area (Å²) in [6, 6.07) is 30.6. The predicted octanol–water partition coefficient (Wildman–Crippen LogP) is 6.39. The van der Waals surface area contributed by atoms with Gasteiger partial charge in [-0.05, 0) is 89.9 Å². The van der Waals surface area contributed by atoms with E-state index in [1.54, 1.807) is 6.08 Å². The molecule has 4 aromatic carbocycles. The molecule has 7 nitrogen and oxygen atoms in total. The Bertz CT molecular complexity index is 1870. The number of aliphatic imine (C=N–C) groups is 1. The molecule has 224 valence electrons. The molecule has 1 spiro atoms. The standard InChI is InChI=1S/C36H36N4O3S/c1-25-22-30(37-3)23-26(2)31(25)16-21-44(42,43)40-19-17-36(18-20-40)35(41)38-34(39-36)29-13-9-12-28(24-29)33-15-8-7-14-32(33)27-10-5-4-6-11-27/h4-16,21-24,37H,17-20H2,1-3H3,(H,38,39,41). The van der Waals surface area contributed by atoms with Crippen molar-refractivity contribution < 1.29 is 13.2 Å². The molecule has 1 saturated heterocycles. The molecule has 2 aliphatic rings. The van der Waals surface area contributed by atoms with Gasteiger partial charge in [0.25, 0.3) is 5.91 Å². The van der Waals surface area contributed by atoms with Crippen molar-refractivity contribution in [3.63, 3.8) is 0 Å². The summed E-state index contributed by atoms with van der Waals surface area (Å²) in [6.07, 6.45) is 2.31. The highest BCUT2D eigenvalue weighted by Gasteiger charge is 2.47. The van der Waals surface area contributed by atoms with Crippen LogP contribution in [0.2, 0.25) is 0 Å². The number of nitrogens with one attached hydrogen (secondary N) is 2. The van der Waals surface area contributed by atoms with Gasteiger partial charge in [-0.3, -0.25) is 9.79 Å². The van der Waals surface area contributed by atoms with E-state index in [0.717, 1.165) is 50.2 Å². The van der Waals surface area contributed by atoms with Crippen LogP contribution in [-0.4, -0.2) is 50.1 Å². The monoisotopic (exact) mass is 604 g/mol. The second-order valence-electron chi connectivity index (χ2n) is 11.5. The first-order valence-corrected chi connectivity index (χ1v) is 16.3. The molecule has 2 N–H and O–H groups in total. The van der Waals surface area contributed by atoms with E-state index < -0.39 is 15.6 Å². The molecular formula is C36H36N4O3S. The van der Waals surface area contributed by atoms with Crippen LogP contribution in [0.5, 0.6) is 0 Å². The smallest absolute Gasteiger partial charge is 0.253 e. The first-order chi connectivity index (χ1) is 21.2. The molecule has 0 aromatic heterocycles. The summed E-state index contributed by atoms with van der Waals surface area (Å²) >= 11 is 0. The van der Waals surface area contributed by atoms with E-state index in [2.05, 4.69) is 47.0 Å². The van der Waals surface area contributed by atoms with E-state index in [-0.39, 0.29) is 19.0 Å². The molecule has 0 radical (unpaired) electrons. The van der Waals surface area contributed by atoms with Gasteiger partial charge in [0.05, 0.1) is 0 Å². The van der Waals surface area contributed by atoms with Gasteiger partial charge in [-0.25, -0.2) is 8.42 Å². The molecule has 1 fully saturated rings. The average molecular weight is 605 g/mol. The number of rotatable bonds is 7. The molecule has 1 amide bonds. The summed E-state index contributed by atoms with van der Waals surface area (Å²) in [5.74, 6) is 0.354. The maximum Gasteiger partial charge on any atom is 0.253 e. The minimum Gasteiger partial charge on any atom is -0.388 e. The number of amides is 1. The zero-order valence-electron chi connectivity index (χ0n) is 25.2. The van der Waals surface area contributed by atoms with Gasteiger partial charge in [0.1, 0.15) is 11.4 Å². The Morgan fingerprint density at radius 1 is 0.818 bits per heavy atom. The third-order valence-electron chi connectivity index (χ3n) is 8.64. The Morgan fingerprint density at radius 3 is 2.07 bits per heavy atom. The minimum atomic E-state index is -3.67. The van der Waals surface area contributed by atoms with Crippen molar-refractivity contribution in [2.24, 2.45) is 4.99 Å². The minimum absolute atomic E-state index is 0.175. The number of carbonyl (C=O) groups excluding carboxylic acids is 1. The Labute approximate surface area is 259 Å². The Kier molecular flexibility index (Phi) is 7.97. The normalized spacial score (nSPS) is 16.7. The van der Waals surface area contributed by atoms with Crippen LogP contribution in [0.4, 0.5) is 5.69 Å². The molecule has 0 atom stereocenters. The molecule has 2 aliphatic heterocycles. The molecule has 4 aromatic rings. The van der Waals surface area contributed by atoms with E-state index in [9.17, 15) is 13.2 Å². The van der Waals surface area contributed by atoms with E-state index in [1.165, 1.54) is 9.71 Å². The van der Waals surface area contributed by atoms with Gasteiger partial charge in [0, 0.05) is 36.8 Å². The Morgan fingerprint density at radius 2 is 1.41 bits per heavy atom. The Balaban J connectivity index is 1.20. The van der Waals surface area contributed by atoms with Crippen LogP contribution in [0.3, 0.4) is 0 Å². The van der Waals surface area contributed by atoms with Gasteiger partial charge in [0.15, 0.2) is 0 Å². The second-order valence-corrected chi connectivity index (χ2v) is 13.3. The maximum absolute atomic E-state index is 13.3. The summed E-state index contributed by atoms with van der Waals surface area (Å²) in [6.45, 7) is 4.38. The zero-order chi connectivity index (χ0) is 30.9. The van der Waals surface area contributed by atoms with Crippen molar-refractivity contribution in [2.75, 3.05) is 25.5 Å². The van der Waals surface area contributed by atoms with Crippen LogP contribution in [0.15, 0.2) is 101 Å². The van der Waals surface area contributed by atoms with Gasteiger partial charge in [-0.15, -0.1) is 0 Å². The fourth-order valence-corrected chi connectivity index (χ4v) is 7.33. The summed E-state index contributed by atoms with van der Waals surface area (Å²) in [5.41, 5.74) is 8.09. The number of sulfonamides is 1. The highest BCUT2D eigenvalue weighted by molar-refractivity contribution is 7.92. The molecule has 0 bridgehead atoms. The number of piperidine rings is 1. The summed E-state index contributed by atoms with van der Waals surface area (Å²) in [4.78, 5) is 18.2. The second kappa shape index (κ2) is 11.9. The van der Waals surface area contributed by atoms with Gasteiger partial charge in [0.2, 0.25) is 10.0 Å². The number of carbonyl (C=O) groups is 1. The van der Waals surface area contributed by atoms with Crippen molar-refractivity contribution in [1.82, 2.24) is 9.62 Å². The van der Waals surface area contributed by atoms with Crippen LogP contribution in [0, 0.1) is 13.8 Å². The van der Waals surface area contributed by atoms with Gasteiger partial charge in [-0.2, -0.15) is 4.31 Å². The van der Waals surface area contributed by atoms with Crippen molar-refractivity contribution in [2.45, 2.75) is 32.2 Å². The van der Waals surface area contributed by atoms with Crippen molar-refractivity contribution in [1.29, 1.82) is 0 Å². The maximum atomic E-state index is 13.3. The Hall–Kier alpha value is -4.53. The first kappa shape index (κ1) is 29.5. The third-order valence-corrected chi connectivity index (χ3v) is 10.2. The highest BCUT2D eigenvalue weighted by atomic mass is 32.2. The predicted molar refractivity (Wildman–Crippen MR) is 179 cm³/mol. The molecule has 2 heterocycles. The number of anilines is 1. The molecule has 0 unspecified atom stereocenters. The summed E-state index contributed by atoms with van der Waals surface area (Å²) in [7, 11) is -1.81. The highest BCUT2D eigenvalue weighted by Crippen LogP contribution is 2.35. The summed E-state index contributed by atoms with van der Waals surface area (Å²) < 4.78 is 28.0. The van der Waals surface area contributed by atoms with Crippen molar-refractivity contribution in [3.05, 3.63) is 119 Å². The quantitative estimate of drug-likeness (QED) is 0.256. The van der Waals surface area contributed by atoms with Crippen LogP contribution in [0.1, 0.15) is 35.1 Å². The van der Waals surface area contributed by atoms with Crippen molar-refractivity contribution >= 4 is 33.5 Å². The lowest BCUT2D eigenvalue weighted by molar-refractivity contribution is -0.124. The molecule has 8 heteroatoms. The van der Waals surface area contributed by atoms with E-state index in [1.807, 2.05) is 75.5 Å². The molecular weight excluding hydrogens is 568 g/mol. The largest absolute Gasteiger partial charge is 0.388 e. The molecule has 44 heavy (non-hydrogen) atoms. The van der Waals surface area contributed by atoms with Crippen LogP contribution in [0.25, 0.3) is 28.3 Å². The number of aryl methyl sites for hydroxylation is 2. The van der Waals surface area contributed by atoms with Gasteiger partial charge in [-0.1, -0.05) is 72.8 Å². The number of amidine groups is 1. The van der Waals surface area contributed by atoms with Crippen LogP contribution in [-0.2, 0) is 14.8 Å². The SMILES string of the molecule is CNc1cc(C)c(C=CS(=O)(=O)N2CCC3(CC2)N=C(c2cccc(-c4ccccc4-c4ccccc4)c2)NC3=O)c(C)c1. The van der Waals surface area contributed by atoms with Gasteiger partial charge < -0.3 is 10.6 Å². The lowest BCUT2D eigenvalue weighted by Gasteiger charge is -2.34. The van der Waals surface area contributed by atoms with E-state index in [0.29, 0.717) is 18.7 Å². The van der Waals surface area contributed by atoms with Crippen molar-refractivity contribution in [3.8, 4) is 22.3 Å². The molecule has 0 aliphatic carbocycles. The third kappa shape index (κ3) is 5.70. The average Bonchev–Trinajstić information content (AvgIpc) is 3.36. The number of benzene rings is 4. The lowest BCUT2D eigenvalue weighted by atomic mass is 9.89. The fourth-order valence-electron chi connectivity index (χ4n) is 6.16. The fraction of sp³-hybridized carbons (Fsp3) is 0.222. The summed E-state index contributed by atoms with van der Waals surface area (Å²) in [5, 5.41) is 7.41. The topological polar surface area (TPSA) is 90.9 Å². The van der Waals surface area contributed by atoms with E-state index >= 15 is 0 Å². The van der Waals surface area contributed by atoms with E-state index in [4.69, 9.17) is 4.99 Å².